The molecule has 0 bridgehead atoms. The molecular formula is C21H23ClN2O7. The number of rotatable bonds is 6. The molecule has 0 radical (unpaired) electrons. The minimum absolute atomic E-state index is 0.0210. The van der Waals surface area contributed by atoms with E-state index in [1.54, 1.807) is 24.3 Å². The number of pyridine rings is 1. The lowest BCUT2D eigenvalue weighted by Crippen LogP contribution is -2.59. The van der Waals surface area contributed by atoms with E-state index in [2.05, 4.69) is 4.98 Å². The Morgan fingerprint density at radius 3 is 2.35 bits per heavy atom. The van der Waals surface area contributed by atoms with Crippen LogP contribution in [0.3, 0.4) is 0 Å². The van der Waals surface area contributed by atoms with Crippen LogP contribution in [0.2, 0.25) is 5.15 Å². The summed E-state index contributed by atoms with van der Waals surface area (Å²) in [5.74, 6) is 0.985. The first kappa shape index (κ1) is 23.2. The maximum atomic E-state index is 10.3. The van der Waals surface area contributed by atoms with Gasteiger partial charge in [-0.05, 0) is 23.8 Å². The van der Waals surface area contributed by atoms with Gasteiger partial charge in [-0.25, -0.2) is 4.98 Å². The smallest absolute Gasteiger partial charge is 0.161 e. The van der Waals surface area contributed by atoms with Gasteiger partial charge in [0.25, 0.3) is 0 Å². The zero-order chi connectivity index (χ0) is 22.7. The zero-order valence-electron chi connectivity index (χ0n) is 16.9. The molecule has 0 unspecified atom stereocenters. The second kappa shape index (κ2) is 9.78. The molecule has 9 nitrogen and oxygen atoms in total. The summed E-state index contributed by atoms with van der Waals surface area (Å²) < 4.78 is 16.1. The molecule has 31 heavy (non-hydrogen) atoms. The second-order valence-electron chi connectivity index (χ2n) is 7.08. The van der Waals surface area contributed by atoms with Gasteiger partial charge in [0.1, 0.15) is 35.6 Å². The Bertz CT molecular complexity index is 979. The summed E-state index contributed by atoms with van der Waals surface area (Å²) >= 11 is 6.26. The third-order valence-corrected chi connectivity index (χ3v) is 5.51. The summed E-state index contributed by atoms with van der Waals surface area (Å²) in [5.41, 5.74) is 1.67. The molecule has 1 aromatic carbocycles. The molecule has 2 aromatic rings. The van der Waals surface area contributed by atoms with Crippen molar-refractivity contribution in [1.82, 2.24) is 4.98 Å². The van der Waals surface area contributed by atoms with E-state index in [1.165, 1.54) is 14.2 Å². The first-order valence-electron chi connectivity index (χ1n) is 9.47. The number of ether oxygens (including phenoxy) is 3. The van der Waals surface area contributed by atoms with Crippen LogP contribution in [0.5, 0.6) is 11.5 Å². The number of aliphatic hydroxyl groups is 4. The molecule has 166 valence electrons. The predicted molar refractivity (Wildman–Crippen MR) is 110 cm³/mol. The summed E-state index contributed by atoms with van der Waals surface area (Å²) in [6, 6.07) is 8.81. The molecule has 0 aliphatic carbocycles. The fourth-order valence-corrected chi connectivity index (χ4v) is 3.81. The normalized spacial score (nSPS) is 25.7. The summed E-state index contributed by atoms with van der Waals surface area (Å²) in [4.78, 5) is 4.22. The van der Waals surface area contributed by atoms with E-state index in [9.17, 15) is 25.7 Å². The molecule has 1 fully saturated rings. The lowest BCUT2D eigenvalue weighted by atomic mass is 9.92. The van der Waals surface area contributed by atoms with Gasteiger partial charge in [-0.2, -0.15) is 5.26 Å². The standard InChI is InChI=1S/C21H23ClN2O7/c1-29-14-4-3-10(5-15(14)30-2)12-6-11(24-21(22)13(12)8-23)7-16-18(26)20(28)19(27)17(9-25)31-16/h3-6,16-20,25-28H,7,9H2,1-2H3/t16-,17+,18-,19+,20+/m0/s1. The van der Waals surface area contributed by atoms with E-state index < -0.39 is 37.1 Å². The number of methoxy groups -OCH3 is 2. The van der Waals surface area contributed by atoms with Gasteiger partial charge >= 0.3 is 0 Å². The maximum Gasteiger partial charge on any atom is 0.161 e. The quantitative estimate of drug-likeness (QED) is 0.466. The Labute approximate surface area is 184 Å². The van der Waals surface area contributed by atoms with Crippen molar-refractivity contribution in [2.24, 2.45) is 0 Å². The molecule has 0 amide bonds. The molecule has 4 N–H and O–H groups in total. The molecule has 1 saturated heterocycles. The third-order valence-electron chi connectivity index (χ3n) is 5.24. The lowest BCUT2D eigenvalue weighted by molar-refractivity contribution is -0.228. The number of nitriles is 1. The van der Waals surface area contributed by atoms with E-state index >= 15 is 0 Å². The van der Waals surface area contributed by atoms with Crippen molar-refractivity contribution in [3.05, 3.63) is 40.7 Å². The fraction of sp³-hybridized carbons (Fsp3) is 0.429. The van der Waals surface area contributed by atoms with Gasteiger partial charge in [0.2, 0.25) is 0 Å². The van der Waals surface area contributed by atoms with Crippen LogP contribution < -0.4 is 9.47 Å². The average molecular weight is 451 g/mol. The van der Waals surface area contributed by atoms with Crippen LogP contribution in [-0.2, 0) is 11.2 Å². The molecule has 10 heteroatoms. The summed E-state index contributed by atoms with van der Waals surface area (Å²) in [5, 5.41) is 49.2. The van der Waals surface area contributed by atoms with Crippen LogP contribution in [0.1, 0.15) is 11.3 Å². The molecule has 3 rings (SSSR count). The second-order valence-corrected chi connectivity index (χ2v) is 7.44. The van der Waals surface area contributed by atoms with Gasteiger partial charge in [-0.3, -0.25) is 0 Å². The summed E-state index contributed by atoms with van der Waals surface area (Å²) in [6.45, 7) is -0.528. The molecule has 5 atom stereocenters. The van der Waals surface area contributed by atoms with Crippen molar-refractivity contribution in [1.29, 1.82) is 5.26 Å². The number of halogens is 1. The molecule has 1 aliphatic heterocycles. The van der Waals surface area contributed by atoms with Gasteiger partial charge < -0.3 is 34.6 Å². The summed E-state index contributed by atoms with van der Waals surface area (Å²) in [7, 11) is 3.01. The van der Waals surface area contributed by atoms with E-state index in [0.717, 1.165) is 0 Å². The number of benzene rings is 1. The molecule has 2 heterocycles. The molecule has 0 saturated carbocycles. The van der Waals surface area contributed by atoms with Crippen LogP contribution in [0.15, 0.2) is 24.3 Å². The van der Waals surface area contributed by atoms with Crippen molar-refractivity contribution in [3.8, 4) is 28.7 Å². The largest absolute Gasteiger partial charge is 0.493 e. The maximum absolute atomic E-state index is 10.3. The Morgan fingerprint density at radius 2 is 1.74 bits per heavy atom. The highest BCUT2D eigenvalue weighted by molar-refractivity contribution is 6.31. The SMILES string of the molecule is COc1ccc(-c2cc(C[C@@H]3O[C@H](CO)[C@@H](O)[C@H](O)[C@H]3O)nc(Cl)c2C#N)cc1OC. The van der Waals surface area contributed by atoms with Gasteiger partial charge in [0.05, 0.1) is 32.5 Å². The van der Waals surface area contributed by atoms with E-state index in [0.29, 0.717) is 28.3 Å². The van der Waals surface area contributed by atoms with Crippen molar-refractivity contribution in [2.45, 2.75) is 36.9 Å². The lowest BCUT2D eigenvalue weighted by Gasteiger charge is -2.40. The van der Waals surface area contributed by atoms with Gasteiger partial charge in [0.15, 0.2) is 11.5 Å². The topological polar surface area (TPSA) is 145 Å². The van der Waals surface area contributed by atoms with Crippen molar-refractivity contribution in [3.63, 3.8) is 0 Å². The Kier molecular flexibility index (Phi) is 7.33. The molecule has 1 aliphatic rings. The first-order chi connectivity index (χ1) is 14.8. The predicted octanol–water partition coefficient (Wildman–Crippen LogP) is 0.676. The van der Waals surface area contributed by atoms with Crippen LogP contribution in [0.4, 0.5) is 0 Å². The van der Waals surface area contributed by atoms with Crippen LogP contribution in [0, 0.1) is 11.3 Å². The third kappa shape index (κ3) is 4.60. The van der Waals surface area contributed by atoms with Crippen LogP contribution in [-0.4, -0.2) is 76.8 Å². The minimum atomic E-state index is -1.49. The summed E-state index contributed by atoms with van der Waals surface area (Å²) in [6.07, 6.45) is -6.30. The van der Waals surface area contributed by atoms with E-state index in [1.807, 2.05) is 6.07 Å². The van der Waals surface area contributed by atoms with Gasteiger partial charge in [0, 0.05) is 17.7 Å². The number of hydrogen-bond acceptors (Lipinski definition) is 9. The highest BCUT2D eigenvalue weighted by Crippen LogP contribution is 2.36. The Morgan fingerprint density at radius 1 is 1.06 bits per heavy atom. The van der Waals surface area contributed by atoms with Crippen LogP contribution in [0.25, 0.3) is 11.1 Å². The van der Waals surface area contributed by atoms with E-state index in [-0.39, 0.29) is 17.1 Å². The first-order valence-corrected chi connectivity index (χ1v) is 9.84. The molecule has 1 aromatic heterocycles. The van der Waals surface area contributed by atoms with Crippen molar-refractivity contribution < 1.29 is 34.6 Å². The monoisotopic (exact) mass is 450 g/mol. The number of nitrogens with zero attached hydrogens (tertiary/aromatic N) is 2. The fourth-order valence-electron chi connectivity index (χ4n) is 3.56. The highest BCUT2D eigenvalue weighted by Gasteiger charge is 2.43. The van der Waals surface area contributed by atoms with Crippen LogP contribution >= 0.6 is 11.6 Å². The Balaban J connectivity index is 1.99. The minimum Gasteiger partial charge on any atom is -0.493 e. The molecular weight excluding hydrogens is 428 g/mol. The van der Waals surface area contributed by atoms with Crippen molar-refractivity contribution in [2.75, 3.05) is 20.8 Å². The Hall–Kier alpha value is -2.45. The molecule has 0 spiro atoms. The van der Waals surface area contributed by atoms with E-state index in [4.69, 9.17) is 25.8 Å². The van der Waals surface area contributed by atoms with Gasteiger partial charge in [-0.1, -0.05) is 17.7 Å². The van der Waals surface area contributed by atoms with Gasteiger partial charge in [-0.15, -0.1) is 0 Å². The average Bonchev–Trinajstić information content (AvgIpc) is 2.78. The highest BCUT2D eigenvalue weighted by atomic mass is 35.5. The number of hydrogen-bond donors (Lipinski definition) is 4. The van der Waals surface area contributed by atoms with Crippen molar-refractivity contribution >= 4 is 11.6 Å². The number of aliphatic hydroxyl groups excluding tert-OH is 4. The number of aromatic nitrogens is 1. The zero-order valence-corrected chi connectivity index (χ0v) is 17.7.